The Kier molecular flexibility index (Phi) is 3.40. The average Bonchev–Trinajstić information content (AvgIpc) is 2.06. The maximum atomic E-state index is 5.45. The summed E-state index contributed by atoms with van der Waals surface area (Å²) < 4.78 is 0. The fraction of sp³-hybridized carbons (Fsp3) is 0.333. The Bertz CT molecular complexity index is 198. The highest BCUT2D eigenvalue weighted by atomic mass is 35.5. The van der Waals surface area contributed by atoms with Crippen molar-refractivity contribution in [1.29, 1.82) is 0 Å². The molecule has 1 aromatic carbocycles. The Morgan fingerprint density at radius 2 is 2.00 bits per heavy atom. The van der Waals surface area contributed by atoms with Gasteiger partial charge in [0.1, 0.15) is 0 Å². The fourth-order valence-electron chi connectivity index (χ4n) is 1.01. The van der Waals surface area contributed by atoms with Crippen molar-refractivity contribution in [2.75, 3.05) is 0 Å². The zero-order valence-electron chi connectivity index (χ0n) is 6.55. The van der Waals surface area contributed by atoms with Gasteiger partial charge in [-0.25, -0.2) is 4.84 Å². The van der Waals surface area contributed by atoms with Crippen LogP contribution >= 0.6 is 11.8 Å². The van der Waals surface area contributed by atoms with Gasteiger partial charge in [-0.1, -0.05) is 30.3 Å². The lowest BCUT2D eigenvalue weighted by Gasteiger charge is -2.07. The average molecular weight is 170 g/mol. The molecule has 0 aromatic heterocycles. The molecule has 0 spiro atoms. The molecule has 0 aliphatic heterocycles. The van der Waals surface area contributed by atoms with Crippen molar-refractivity contribution in [2.45, 2.75) is 19.4 Å². The summed E-state index contributed by atoms with van der Waals surface area (Å²) in [5.74, 6) is 0. The molecule has 0 aliphatic rings. The van der Waals surface area contributed by atoms with Crippen LogP contribution in [0.25, 0.3) is 0 Å². The van der Waals surface area contributed by atoms with Crippen molar-refractivity contribution in [2.24, 2.45) is 0 Å². The van der Waals surface area contributed by atoms with Crippen molar-refractivity contribution in [3.05, 3.63) is 35.9 Å². The van der Waals surface area contributed by atoms with Gasteiger partial charge in [-0.15, -0.1) is 0 Å². The Hall–Kier alpha value is -0.530. The number of halogens is 1. The number of hydrogen-bond donors (Lipinski definition) is 1. The molecule has 1 aromatic rings. The van der Waals surface area contributed by atoms with E-state index in [0.717, 1.165) is 6.42 Å². The van der Waals surface area contributed by atoms with Crippen LogP contribution in [-0.2, 0) is 6.42 Å². The molecule has 0 aliphatic carbocycles. The lowest BCUT2D eigenvalue weighted by Crippen LogP contribution is -2.18. The van der Waals surface area contributed by atoms with Crippen LogP contribution in [-0.4, -0.2) is 6.04 Å². The Balaban J connectivity index is 2.51. The molecule has 0 saturated carbocycles. The van der Waals surface area contributed by atoms with E-state index in [0.29, 0.717) is 6.04 Å². The highest BCUT2D eigenvalue weighted by molar-refractivity contribution is 6.13. The predicted octanol–water partition coefficient (Wildman–Crippen LogP) is 2.36. The van der Waals surface area contributed by atoms with Gasteiger partial charge in [-0.05, 0) is 30.7 Å². The van der Waals surface area contributed by atoms with E-state index < -0.39 is 0 Å². The van der Waals surface area contributed by atoms with Crippen molar-refractivity contribution < 1.29 is 0 Å². The summed E-state index contributed by atoms with van der Waals surface area (Å²) in [5.41, 5.74) is 1.31. The van der Waals surface area contributed by atoms with Crippen LogP contribution in [0.3, 0.4) is 0 Å². The van der Waals surface area contributed by atoms with Crippen molar-refractivity contribution in [3.8, 4) is 0 Å². The minimum Gasteiger partial charge on any atom is -0.230 e. The van der Waals surface area contributed by atoms with Crippen LogP contribution in [0.15, 0.2) is 30.3 Å². The maximum Gasteiger partial charge on any atom is 0.0233 e. The highest BCUT2D eigenvalue weighted by Crippen LogP contribution is 2.02. The number of nitrogens with one attached hydrogen (secondary N) is 1. The van der Waals surface area contributed by atoms with Gasteiger partial charge >= 0.3 is 0 Å². The quantitative estimate of drug-likeness (QED) is 0.686. The second kappa shape index (κ2) is 4.37. The lowest BCUT2D eigenvalue weighted by molar-refractivity contribution is 0.682. The van der Waals surface area contributed by atoms with Crippen LogP contribution in [0, 0.1) is 0 Å². The van der Waals surface area contributed by atoms with Gasteiger partial charge in [0.05, 0.1) is 0 Å². The molecule has 1 N–H and O–H groups in total. The minimum atomic E-state index is 0.332. The largest absolute Gasteiger partial charge is 0.230 e. The summed E-state index contributed by atoms with van der Waals surface area (Å²) in [6, 6.07) is 10.6. The zero-order valence-corrected chi connectivity index (χ0v) is 7.31. The Morgan fingerprint density at radius 1 is 1.36 bits per heavy atom. The van der Waals surface area contributed by atoms with Gasteiger partial charge in [0, 0.05) is 6.04 Å². The molecular formula is C9H12ClN. The number of benzene rings is 1. The SMILES string of the molecule is C[C@H](Cc1ccccc1)NCl. The smallest absolute Gasteiger partial charge is 0.0233 e. The fourth-order valence-corrected chi connectivity index (χ4v) is 1.08. The second-order valence-electron chi connectivity index (χ2n) is 2.70. The first-order chi connectivity index (χ1) is 5.33. The molecule has 0 fully saturated rings. The highest BCUT2D eigenvalue weighted by Gasteiger charge is 1.99. The topological polar surface area (TPSA) is 12.0 Å². The molecule has 1 atom stereocenters. The summed E-state index contributed by atoms with van der Waals surface area (Å²) in [7, 11) is 0. The van der Waals surface area contributed by atoms with E-state index >= 15 is 0 Å². The van der Waals surface area contributed by atoms with E-state index in [1.165, 1.54) is 5.56 Å². The van der Waals surface area contributed by atoms with Gasteiger partial charge in [0.15, 0.2) is 0 Å². The predicted molar refractivity (Wildman–Crippen MR) is 48.6 cm³/mol. The molecule has 1 rings (SSSR count). The lowest BCUT2D eigenvalue weighted by atomic mass is 10.1. The summed E-state index contributed by atoms with van der Waals surface area (Å²) in [5, 5.41) is 0. The van der Waals surface area contributed by atoms with Gasteiger partial charge < -0.3 is 0 Å². The second-order valence-corrected chi connectivity index (χ2v) is 2.92. The van der Waals surface area contributed by atoms with Crippen molar-refractivity contribution in [3.63, 3.8) is 0 Å². The van der Waals surface area contributed by atoms with Gasteiger partial charge in [-0.3, -0.25) is 0 Å². The first kappa shape index (κ1) is 8.57. The summed E-state index contributed by atoms with van der Waals surface area (Å²) in [6.07, 6.45) is 0.977. The van der Waals surface area contributed by atoms with Gasteiger partial charge in [0.25, 0.3) is 0 Å². The molecular weight excluding hydrogens is 158 g/mol. The van der Waals surface area contributed by atoms with Crippen LogP contribution in [0.2, 0.25) is 0 Å². The van der Waals surface area contributed by atoms with Crippen LogP contribution in [0.5, 0.6) is 0 Å². The van der Waals surface area contributed by atoms with Crippen LogP contribution in [0.4, 0.5) is 0 Å². The molecule has 0 unspecified atom stereocenters. The van der Waals surface area contributed by atoms with E-state index in [2.05, 4.69) is 23.9 Å². The number of rotatable bonds is 3. The molecule has 11 heavy (non-hydrogen) atoms. The normalized spacial score (nSPS) is 12.9. The molecule has 1 nitrogen and oxygen atoms in total. The van der Waals surface area contributed by atoms with E-state index in [1.807, 2.05) is 18.2 Å². The summed E-state index contributed by atoms with van der Waals surface area (Å²) in [6.45, 7) is 2.06. The van der Waals surface area contributed by atoms with Gasteiger partial charge in [-0.2, -0.15) is 0 Å². The molecule has 0 amide bonds. The number of hydrogen-bond acceptors (Lipinski definition) is 1. The molecule has 0 heterocycles. The molecule has 0 saturated heterocycles. The van der Waals surface area contributed by atoms with E-state index in [4.69, 9.17) is 11.8 Å². The van der Waals surface area contributed by atoms with Crippen molar-refractivity contribution >= 4 is 11.8 Å². The van der Waals surface area contributed by atoms with E-state index in [9.17, 15) is 0 Å². The summed E-state index contributed by atoms with van der Waals surface area (Å²) >= 11 is 5.45. The Morgan fingerprint density at radius 3 is 2.55 bits per heavy atom. The molecule has 60 valence electrons. The molecule has 0 bridgehead atoms. The van der Waals surface area contributed by atoms with E-state index in [-0.39, 0.29) is 0 Å². The zero-order chi connectivity index (χ0) is 8.10. The van der Waals surface area contributed by atoms with Gasteiger partial charge in [0.2, 0.25) is 0 Å². The van der Waals surface area contributed by atoms with Crippen molar-refractivity contribution in [1.82, 2.24) is 4.84 Å². The first-order valence-corrected chi connectivity index (χ1v) is 4.11. The minimum absolute atomic E-state index is 0.332. The summed E-state index contributed by atoms with van der Waals surface area (Å²) in [4.78, 5) is 2.69. The van der Waals surface area contributed by atoms with Crippen LogP contribution in [0.1, 0.15) is 12.5 Å². The van der Waals surface area contributed by atoms with Crippen LogP contribution < -0.4 is 4.84 Å². The standard InChI is InChI=1S/C9H12ClN/c1-8(11-10)7-9-5-3-2-4-6-9/h2-6,8,11H,7H2,1H3/t8-/m1/s1. The third kappa shape index (κ3) is 2.91. The third-order valence-corrected chi connectivity index (χ3v) is 1.94. The molecule has 2 heteroatoms. The van der Waals surface area contributed by atoms with E-state index in [1.54, 1.807) is 0 Å². The molecule has 0 radical (unpaired) electrons. The monoisotopic (exact) mass is 169 g/mol. The maximum absolute atomic E-state index is 5.45. The third-order valence-electron chi connectivity index (χ3n) is 1.57. The first-order valence-electron chi connectivity index (χ1n) is 3.73. The Labute approximate surface area is 72.5 Å².